The van der Waals surface area contributed by atoms with Crippen LogP contribution in [0.25, 0.3) is 11.0 Å². The Balaban J connectivity index is 2.52. The second kappa shape index (κ2) is 5.39. The minimum absolute atomic E-state index is 0.172. The van der Waals surface area contributed by atoms with Gasteiger partial charge in [-0.15, -0.1) is 0 Å². The van der Waals surface area contributed by atoms with Crippen LogP contribution in [0.3, 0.4) is 0 Å². The highest BCUT2D eigenvalue weighted by molar-refractivity contribution is 5.81. The number of allylic oxidation sites excluding steroid dienone is 2. The van der Waals surface area contributed by atoms with Gasteiger partial charge in [0, 0.05) is 11.8 Å². The SMILES string of the molecule is N#CC(C#N)=C(C#N)Nc1ccc2occc(=O)c2c1. The van der Waals surface area contributed by atoms with Crippen molar-refractivity contribution in [1.29, 1.82) is 15.8 Å². The van der Waals surface area contributed by atoms with E-state index in [1.807, 2.05) is 0 Å². The molecule has 0 radical (unpaired) electrons. The molecule has 1 N–H and O–H groups in total. The number of benzene rings is 1. The maximum absolute atomic E-state index is 11.7. The van der Waals surface area contributed by atoms with E-state index < -0.39 is 0 Å². The number of anilines is 1. The van der Waals surface area contributed by atoms with Crippen LogP contribution in [0.2, 0.25) is 0 Å². The summed E-state index contributed by atoms with van der Waals surface area (Å²) in [5.74, 6) is 0. The molecule has 2 aromatic rings. The molecule has 0 aliphatic rings. The fourth-order valence-corrected chi connectivity index (χ4v) is 1.59. The molecule has 0 fully saturated rings. The molecule has 6 nitrogen and oxygen atoms in total. The summed E-state index contributed by atoms with van der Waals surface area (Å²) in [5, 5.41) is 29.4. The first-order valence-corrected chi connectivity index (χ1v) is 5.42. The van der Waals surface area contributed by atoms with Gasteiger partial charge in [0.15, 0.2) is 11.0 Å². The standard InChI is InChI=1S/C14H6N4O2/c15-6-9(7-16)12(8-17)18-10-1-2-14-11(5-10)13(19)3-4-20-14/h1-5,18H. The summed E-state index contributed by atoms with van der Waals surface area (Å²) in [6.45, 7) is 0. The molecule has 0 bridgehead atoms. The fourth-order valence-electron chi connectivity index (χ4n) is 1.59. The van der Waals surface area contributed by atoms with E-state index in [1.165, 1.54) is 18.4 Å². The Morgan fingerprint density at radius 1 is 1.10 bits per heavy atom. The van der Waals surface area contributed by atoms with Crippen LogP contribution >= 0.6 is 0 Å². The molecule has 0 aliphatic heterocycles. The van der Waals surface area contributed by atoms with Gasteiger partial charge in [0.25, 0.3) is 0 Å². The molecule has 0 amide bonds. The molecule has 6 heteroatoms. The lowest BCUT2D eigenvalue weighted by atomic mass is 10.2. The average Bonchev–Trinajstić information content (AvgIpc) is 2.48. The average molecular weight is 262 g/mol. The third kappa shape index (κ3) is 2.33. The van der Waals surface area contributed by atoms with Crippen LogP contribution in [-0.4, -0.2) is 0 Å². The van der Waals surface area contributed by atoms with Crippen molar-refractivity contribution < 1.29 is 4.42 Å². The van der Waals surface area contributed by atoms with Crippen molar-refractivity contribution in [3.05, 3.63) is 52.0 Å². The van der Waals surface area contributed by atoms with Crippen molar-refractivity contribution >= 4 is 16.7 Å². The summed E-state index contributed by atoms with van der Waals surface area (Å²) < 4.78 is 5.16. The van der Waals surface area contributed by atoms with Crippen LogP contribution in [0, 0.1) is 34.0 Å². The van der Waals surface area contributed by atoms with Crippen LogP contribution in [-0.2, 0) is 0 Å². The normalized spacial score (nSPS) is 9.05. The molecule has 2 rings (SSSR count). The summed E-state index contributed by atoms with van der Waals surface area (Å²) in [7, 11) is 0. The number of hydrogen-bond donors (Lipinski definition) is 1. The van der Waals surface area contributed by atoms with Crippen molar-refractivity contribution in [2.75, 3.05) is 5.32 Å². The lowest BCUT2D eigenvalue weighted by molar-refractivity contribution is 0.602. The zero-order valence-electron chi connectivity index (χ0n) is 10.0. The summed E-state index contributed by atoms with van der Waals surface area (Å²) in [4.78, 5) is 11.7. The number of rotatable bonds is 2. The monoisotopic (exact) mass is 262 g/mol. The van der Waals surface area contributed by atoms with Crippen molar-refractivity contribution in [3.63, 3.8) is 0 Å². The van der Waals surface area contributed by atoms with Crippen LogP contribution in [0.4, 0.5) is 5.69 Å². The lowest BCUT2D eigenvalue weighted by Crippen LogP contribution is -2.03. The molecular formula is C14H6N4O2. The van der Waals surface area contributed by atoms with E-state index in [1.54, 1.807) is 30.3 Å². The van der Waals surface area contributed by atoms with Crippen LogP contribution in [0.1, 0.15) is 0 Å². The molecule has 94 valence electrons. The van der Waals surface area contributed by atoms with Gasteiger partial charge < -0.3 is 9.73 Å². The topological polar surface area (TPSA) is 114 Å². The van der Waals surface area contributed by atoms with E-state index in [4.69, 9.17) is 20.2 Å². The molecule has 0 atom stereocenters. The van der Waals surface area contributed by atoms with Crippen molar-refractivity contribution in [1.82, 2.24) is 0 Å². The third-order valence-corrected chi connectivity index (χ3v) is 2.51. The van der Waals surface area contributed by atoms with E-state index in [0.717, 1.165) is 0 Å². The Hall–Kier alpha value is -3.56. The van der Waals surface area contributed by atoms with Crippen LogP contribution in [0.5, 0.6) is 0 Å². The maximum atomic E-state index is 11.7. The van der Waals surface area contributed by atoms with Crippen LogP contribution < -0.4 is 10.7 Å². The minimum Gasteiger partial charge on any atom is -0.464 e. The molecule has 0 spiro atoms. The molecule has 0 saturated carbocycles. The Bertz CT molecular complexity index is 872. The van der Waals surface area contributed by atoms with Gasteiger partial charge in [-0.3, -0.25) is 4.79 Å². The number of hydrogen-bond acceptors (Lipinski definition) is 6. The zero-order valence-corrected chi connectivity index (χ0v) is 10.0. The van der Waals surface area contributed by atoms with E-state index in [-0.39, 0.29) is 16.7 Å². The quantitative estimate of drug-likeness (QED) is 0.828. The van der Waals surface area contributed by atoms with Gasteiger partial charge in [-0.05, 0) is 18.2 Å². The van der Waals surface area contributed by atoms with E-state index in [2.05, 4.69) is 5.32 Å². The Kier molecular flexibility index (Phi) is 3.47. The zero-order chi connectivity index (χ0) is 14.5. The molecule has 1 aromatic carbocycles. The second-order valence-corrected chi connectivity index (χ2v) is 3.71. The van der Waals surface area contributed by atoms with E-state index >= 15 is 0 Å². The molecule has 0 aliphatic carbocycles. The highest BCUT2D eigenvalue weighted by Crippen LogP contribution is 2.18. The smallest absolute Gasteiger partial charge is 0.192 e. The number of nitrogens with one attached hydrogen (secondary N) is 1. The van der Waals surface area contributed by atoms with E-state index in [9.17, 15) is 4.79 Å². The van der Waals surface area contributed by atoms with Gasteiger partial charge in [-0.25, -0.2) is 0 Å². The minimum atomic E-state index is -0.326. The highest BCUT2D eigenvalue weighted by Gasteiger charge is 2.07. The van der Waals surface area contributed by atoms with Gasteiger partial charge in [-0.2, -0.15) is 15.8 Å². The Morgan fingerprint density at radius 2 is 1.85 bits per heavy atom. The highest BCUT2D eigenvalue weighted by atomic mass is 16.3. The largest absolute Gasteiger partial charge is 0.464 e. The molecular weight excluding hydrogens is 256 g/mol. The van der Waals surface area contributed by atoms with E-state index in [0.29, 0.717) is 16.7 Å². The van der Waals surface area contributed by atoms with Crippen molar-refractivity contribution in [3.8, 4) is 18.2 Å². The Morgan fingerprint density at radius 3 is 2.50 bits per heavy atom. The van der Waals surface area contributed by atoms with Crippen LogP contribution in [0.15, 0.2) is 51.0 Å². The van der Waals surface area contributed by atoms with Gasteiger partial charge in [0.05, 0.1) is 11.6 Å². The first-order chi connectivity index (χ1) is 9.69. The predicted octanol–water partition coefficient (Wildman–Crippen LogP) is 2.03. The molecule has 0 unspecified atom stereocenters. The lowest BCUT2D eigenvalue weighted by Gasteiger charge is -2.05. The number of nitrogens with zero attached hydrogens (tertiary/aromatic N) is 3. The van der Waals surface area contributed by atoms with Gasteiger partial charge in [0.2, 0.25) is 0 Å². The third-order valence-electron chi connectivity index (χ3n) is 2.51. The number of fused-ring (bicyclic) bond motifs is 1. The molecule has 1 aromatic heterocycles. The molecule has 0 saturated heterocycles. The Labute approximate surface area is 113 Å². The first kappa shape index (κ1) is 12.9. The summed E-state index contributed by atoms with van der Waals surface area (Å²) in [6.07, 6.45) is 1.29. The van der Waals surface area contributed by atoms with Gasteiger partial charge >= 0.3 is 0 Å². The predicted molar refractivity (Wildman–Crippen MR) is 70.0 cm³/mol. The summed E-state index contributed by atoms with van der Waals surface area (Å²) in [6, 6.07) is 10.9. The van der Waals surface area contributed by atoms with Crippen molar-refractivity contribution in [2.24, 2.45) is 0 Å². The number of nitriles is 3. The summed E-state index contributed by atoms with van der Waals surface area (Å²) in [5.41, 5.74) is 0.0995. The summed E-state index contributed by atoms with van der Waals surface area (Å²) >= 11 is 0. The first-order valence-electron chi connectivity index (χ1n) is 5.42. The molecule has 1 heterocycles. The maximum Gasteiger partial charge on any atom is 0.192 e. The van der Waals surface area contributed by atoms with Crippen molar-refractivity contribution in [2.45, 2.75) is 0 Å². The van der Waals surface area contributed by atoms with Gasteiger partial charge in [-0.1, -0.05) is 0 Å². The molecule has 20 heavy (non-hydrogen) atoms. The van der Waals surface area contributed by atoms with Gasteiger partial charge in [0.1, 0.15) is 29.5 Å². The second-order valence-electron chi connectivity index (χ2n) is 3.71. The fraction of sp³-hybridized carbons (Fsp3) is 0.